The van der Waals surface area contributed by atoms with Gasteiger partial charge in [0.2, 0.25) is 5.69 Å². The first-order chi connectivity index (χ1) is 9.20. The van der Waals surface area contributed by atoms with Crippen molar-refractivity contribution in [2.24, 2.45) is 0 Å². The van der Waals surface area contributed by atoms with Gasteiger partial charge in [-0.1, -0.05) is 0 Å². The van der Waals surface area contributed by atoms with Crippen molar-refractivity contribution >= 4 is 16.9 Å². The maximum Gasteiger partial charge on any atom is 0.289 e. The van der Waals surface area contributed by atoms with E-state index in [0.29, 0.717) is 22.3 Å². The van der Waals surface area contributed by atoms with Crippen molar-refractivity contribution in [2.75, 3.05) is 0 Å². The van der Waals surface area contributed by atoms with E-state index in [0.717, 1.165) is 0 Å². The topological polar surface area (TPSA) is 93.5 Å². The van der Waals surface area contributed by atoms with Gasteiger partial charge in [0, 0.05) is 23.4 Å². The molecule has 0 radical (unpaired) electrons. The number of nitro groups is 1. The molecule has 0 atom stereocenters. The molecule has 0 aliphatic heterocycles. The lowest BCUT2D eigenvalue weighted by atomic mass is 10.1. The lowest BCUT2D eigenvalue weighted by molar-refractivity contribution is -0.384. The Kier molecular flexibility index (Phi) is 2.25. The fourth-order valence-corrected chi connectivity index (χ4v) is 1.90. The minimum absolute atomic E-state index is 0.0700. The maximum atomic E-state index is 10.8. The molecule has 0 aromatic carbocycles. The van der Waals surface area contributed by atoms with E-state index in [9.17, 15) is 10.1 Å². The number of aromatic amines is 1. The van der Waals surface area contributed by atoms with Gasteiger partial charge >= 0.3 is 0 Å². The Morgan fingerprint density at radius 3 is 2.95 bits per heavy atom. The molecule has 3 aromatic heterocycles. The van der Waals surface area contributed by atoms with Crippen molar-refractivity contribution in [1.29, 1.82) is 0 Å². The van der Waals surface area contributed by atoms with Gasteiger partial charge in [-0.2, -0.15) is 10.2 Å². The van der Waals surface area contributed by atoms with E-state index in [-0.39, 0.29) is 5.69 Å². The van der Waals surface area contributed by atoms with Crippen LogP contribution in [-0.4, -0.2) is 24.7 Å². The van der Waals surface area contributed by atoms with Gasteiger partial charge in [-0.05, 0) is 0 Å². The van der Waals surface area contributed by atoms with Crippen LogP contribution >= 0.6 is 0 Å². The zero-order valence-electron chi connectivity index (χ0n) is 9.44. The molecule has 0 unspecified atom stereocenters. The maximum absolute atomic E-state index is 10.8. The third-order valence-electron chi connectivity index (χ3n) is 2.72. The fourth-order valence-electron chi connectivity index (χ4n) is 1.90. The molecule has 0 spiro atoms. The molecule has 3 heterocycles. The van der Waals surface area contributed by atoms with Crippen molar-refractivity contribution in [3.63, 3.8) is 0 Å². The lowest BCUT2D eigenvalue weighted by Gasteiger charge is -2.03. The number of aromatic nitrogens is 4. The van der Waals surface area contributed by atoms with E-state index >= 15 is 0 Å². The van der Waals surface area contributed by atoms with Crippen molar-refractivity contribution in [3.05, 3.63) is 52.4 Å². The standard InChI is InChI=1S/C11H6N6O2/c1-12-9-5-15-16-6-8(17(18)19)2-10(16)11(9)7-3-13-14-4-7/h2-6H,(H,13,14). The Labute approximate surface area is 106 Å². The van der Waals surface area contributed by atoms with Gasteiger partial charge in [0.15, 0.2) is 0 Å². The molecule has 0 aliphatic rings. The smallest absolute Gasteiger partial charge is 0.285 e. The minimum atomic E-state index is -0.495. The van der Waals surface area contributed by atoms with Crippen molar-refractivity contribution < 1.29 is 4.92 Å². The number of hydrogen-bond acceptors (Lipinski definition) is 4. The summed E-state index contributed by atoms with van der Waals surface area (Å²) in [5, 5.41) is 21.3. The molecule has 1 N–H and O–H groups in total. The van der Waals surface area contributed by atoms with Crippen LogP contribution < -0.4 is 0 Å². The number of H-pyrrole nitrogens is 1. The highest BCUT2D eigenvalue weighted by Gasteiger charge is 2.17. The van der Waals surface area contributed by atoms with Crippen LogP contribution in [0.2, 0.25) is 0 Å². The molecule has 0 fully saturated rings. The van der Waals surface area contributed by atoms with Crippen LogP contribution in [0.25, 0.3) is 21.5 Å². The SMILES string of the molecule is [C-]#[N+]c1cnn2cc([N+](=O)[O-])cc2c1-c1cn[nH]c1. The first-order valence-corrected chi connectivity index (χ1v) is 5.23. The second-order valence-corrected chi connectivity index (χ2v) is 3.79. The minimum Gasteiger partial charge on any atom is -0.285 e. The van der Waals surface area contributed by atoms with Gasteiger partial charge in [0.05, 0.1) is 29.4 Å². The second kappa shape index (κ2) is 3.92. The Hall–Kier alpha value is -3.21. The number of rotatable bonds is 2. The van der Waals surface area contributed by atoms with E-state index in [2.05, 4.69) is 20.1 Å². The summed E-state index contributed by atoms with van der Waals surface area (Å²) in [4.78, 5) is 13.7. The molecular formula is C11H6N6O2. The van der Waals surface area contributed by atoms with Gasteiger partial charge < -0.3 is 0 Å². The third-order valence-corrected chi connectivity index (χ3v) is 2.72. The molecule has 19 heavy (non-hydrogen) atoms. The lowest BCUT2D eigenvalue weighted by Crippen LogP contribution is -1.91. The van der Waals surface area contributed by atoms with E-state index in [1.807, 2.05) is 0 Å². The second-order valence-electron chi connectivity index (χ2n) is 3.79. The van der Waals surface area contributed by atoms with Gasteiger partial charge in [-0.15, -0.1) is 0 Å². The first-order valence-electron chi connectivity index (χ1n) is 5.23. The Bertz CT molecular complexity index is 812. The molecule has 0 saturated carbocycles. The molecule has 0 aliphatic carbocycles. The quantitative estimate of drug-likeness (QED) is 0.431. The highest BCUT2D eigenvalue weighted by atomic mass is 16.6. The van der Waals surface area contributed by atoms with E-state index < -0.39 is 4.92 Å². The summed E-state index contributed by atoms with van der Waals surface area (Å²) in [5.41, 5.74) is 2.01. The van der Waals surface area contributed by atoms with Crippen LogP contribution in [0, 0.1) is 16.7 Å². The molecule has 0 saturated heterocycles. The average molecular weight is 254 g/mol. The predicted octanol–water partition coefficient (Wildman–Crippen LogP) is 2.18. The van der Waals surface area contributed by atoms with Gasteiger partial charge in [0.25, 0.3) is 5.69 Å². The van der Waals surface area contributed by atoms with Gasteiger partial charge in [0.1, 0.15) is 6.20 Å². The molecule has 3 rings (SSSR count). The van der Waals surface area contributed by atoms with Crippen LogP contribution in [0.15, 0.2) is 30.9 Å². The van der Waals surface area contributed by atoms with Crippen LogP contribution in [0.1, 0.15) is 0 Å². The van der Waals surface area contributed by atoms with Crippen LogP contribution in [0.5, 0.6) is 0 Å². The summed E-state index contributed by atoms with van der Waals surface area (Å²) in [6, 6.07) is 1.39. The van der Waals surface area contributed by atoms with Crippen LogP contribution in [0.3, 0.4) is 0 Å². The monoisotopic (exact) mass is 254 g/mol. The summed E-state index contributed by atoms with van der Waals surface area (Å²) >= 11 is 0. The van der Waals surface area contributed by atoms with Crippen molar-refractivity contribution in [3.8, 4) is 11.1 Å². The van der Waals surface area contributed by atoms with Crippen molar-refractivity contribution in [1.82, 2.24) is 19.8 Å². The normalized spacial score (nSPS) is 10.5. The van der Waals surface area contributed by atoms with Gasteiger partial charge in [-0.3, -0.25) is 15.2 Å². The molecule has 3 aromatic rings. The number of hydrogen-bond donors (Lipinski definition) is 1. The zero-order chi connectivity index (χ0) is 13.4. The van der Waals surface area contributed by atoms with Gasteiger partial charge in [-0.25, -0.2) is 9.36 Å². The summed E-state index contributed by atoms with van der Waals surface area (Å²) in [5.74, 6) is 0. The zero-order valence-corrected chi connectivity index (χ0v) is 9.44. The highest BCUT2D eigenvalue weighted by Crippen LogP contribution is 2.34. The Morgan fingerprint density at radius 2 is 2.32 bits per heavy atom. The fraction of sp³-hybridized carbons (Fsp3) is 0. The summed E-state index contributed by atoms with van der Waals surface area (Å²) < 4.78 is 1.38. The molecule has 8 nitrogen and oxygen atoms in total. The third kappa shape index (κ3) is 1.61. The summed E-state index contributed by atoms with van der Waals surface area (Å²) in [6.07, 6.45) is 5.88. The average Bonchev–Trinajstić information content (AvgIpc) is 3.06. The highest BCUT2D eigenvalue weighted by molar-refractivity contribution is 5.90. The largest absolute Gasteiger partial charge is 0.289 e. The van der Waals surface area contributed by atoms with Crippen LogP contribution in [0.4, 0.5) is 11.4 Å². The number of nitrogens with zero attached hydrogens (tertiary/aromatic N) is 5. The summed E-state index contributed by atoms with van der Waals surface area (Å²) in [6.45, 7) is 7.16. The summed E-state index contributed by atoms with van der Waals surface area (Å²) in [7, 11) is 0. The predicted molar refractivity (Wildman–Crippen MR) is 65.7 cm³/mol. The van der Waals surface area contributed by atoms with E-state index in [1.165, 1.54) is 23.0 Å². The number of nitrogens with one attached hydrogen (secondary N) is 1. The van der Waals surface area contributed by atoms with Crippen LogP contribution in [-0.2, 0) is 0 Å². The molecule has 92 valence electrons. The molecular weight excluding hydrogens is 248 g/mol. The Morgan fingerprint density at radius 1 is 1.47 bits per heavy atom. The molecule has 0 bridgehead atoms. The van der Waals surface area contributed by atoms with E-state index in [1.54, 1.807) is 12.4 Å². The Balaban J connectivity index is 2.39. The van der Waals surface area contributed by atoms with Crippen molar-refractivity contribution in [2.45, 2.75) is 0 Å². The molecule has 8 heteroatoms. The number of fused-ring (bicyclic) bond motifs is 1. The first kappa shape index (κ1) is 10.9. The van der Waals surface area contributed by atoms with E-state index in [4.69, 9.17) is 6.57 Å². The molecule has 0 amide bonds.